The third kappa shape index (κ3) is 11.4. The van der Waals surface area contributed by atoms with E-state index in [0.29, 0.717) is 85.1 Å². The second-order valence-corrected chi connectivity index (χ2v) is 22.4. The lowest BCUT2D eigenvalue weighted by atomic mass is 9.84. The number of nitrogens with zero attached hydrogens (tertiary/aromatic N) is 6. The molecule has 2 saturated heterocycles. The molecular weight excluding hydrogens is 967 g/mol. The van der Waals surface area contributed by atoms with Crippen LogP contribution in [0, 0.1) is 18.8 Å². The number of carbonyl (C=O) groups excluding carboxylic acids is 3. The van der Waals surface area contributed by atoms with Crippen LogP contribution in [0.1, 0.15) is 109 Å². The summed E-state index contributed by atoms with van der Waals surface area (Å²) in [5, 5.41) is 35.8. The molecule has 3 aromatic heterocycles. The van der Waals surface area contributed by atoms with Crippen LogP contribution < -0.4 is 25.6 Å². The number of fused-ring (bicyclic) bond motifs is 3. The van der Waals surface area contributed by atoms with Crippen molar-refractivity contribution in [2.75, 3.05) is 48.3 Å². The van der Waals surface area contributed by atoms with E-state index in [0.717, 1.165) is 87.2 Å². The lowest BCUT2D eigenvalue weighted by molar-refractivity contribution is -0.117. The molecule has 17 heteroatoms. The van der Waals surface area contributed by atoms with Gasteiger partial charge in [0.2, 0.25) is 5.91 Å². The molecular formula is C58H67N9O7S. The summed E-state index contributed by atoms with van der Waals surface area (Å²) in [5.74, 6) is 1.17. The number of aliphatic hydroxyl groups is 2. The average Bonchev–Trinajstić information content (AvgIpc) is 3.96. The minimum absolute atomic E-state index is 0.0814. The topological polar surface area (TPSA) is 196 Å². The number of hydrogen-bond acceptors (Lipinski definition) is 14. The van der Waals surface area contributed by atoms with Crippen molar-refractivity contribution in [2.45, 2.75) is 104 Å². The second kappa shape index (κ2) is 21.8. The number of pyridine rings is 1. The maximum atomic E-state index is 14.1. The van der Waals surface area contributed by atoms with Crippen LogP contribution >= 0.6 is 11.3 Å². The number of anilines is 3. The Bertz CT molecular complexity index is 3220. The Labute approximate surface area is 441 Å². The van der Waals surface area contributed by atoms with Gasteiger partial charge in [0.25, 0.3) is 5.91 Å². The highest BCUT2D eigenvalue weighted by Gasteiger charge is 2.33. The lowest BCUT2D eigenvalue weighted by Gasteiger charge is -2.34. The van der Waals surface area contributed by atoms with Gasteiger partial charge in [-0.3, -0.25) is 29.8 Å². The molecule has 0 bridgehead atoms. The van der Waals surface area contributed by atoms with Crippen LogP contribution in [0.2, 0.25) is 0 Å². The molecule has 0 aliphatic carbocycles. The van der Waals surface area contributed by atoms with E-state index in [2.05, 4.69) is 43.7 Å². The predicted molar refractivity (Wildman–Crippen MR) is 293 cm³/mol. The highest BCUT2D eigenvalue weighted by Crippen LogP contribution is 2.38. The molecule has 7 aromatic rings. The van der Waals surface area contributed by atoms with E-state index in [1.807, 2.05) is 120 Å². The fourth-order valence-corrected chi connectivity index (χ4v) is 11.9. The van der Waals surface area contributed by atoms with E-state index in [-0.39, 0.29) is 23.4 Å². The molecule has 10 rings (SSSR count). The van der Waals surface area contributed by atoms with Gasteiger partial charge in [0.1, 0.15) is 29.6 Å². The Hall–Kier alpha value is -6.76. The van der Waals surface area contributed by atoms with E-state index in [4.69, 9.17) is 19.6 Å². The van der Waals surface area contributed by atoms with Crippen LogP contribution in [0.5, 0.6) is 5.75 Å². The van der Waals surface area contributed by atoms with E-state index in [1.54, 1.807) is 4.68 Å². The second-order valence-electron chi connectivity index (χ2n) is 21.3. The fourth-order valence-electron chi connectivity index (χ4n) is 11.0. The molecule has 2 fully saturated rings. The summed E-state index contributed by atoms with van der Waals surface area (Å²) < 4.78 is 15.3. The van der Waals surface area contributed by atoms with Gasteiger partial charge in [-0.25, -0.2) is 14.8 Å². The van der Waals surface area contributed by atoms with Crippen LogP contribution in [0.4, 0.5) is 16.6 Å². The zero-order valence-corrected chi connectivity index (χ0v) is 44.4. The molecule has 4 aromatic carbocycles. The Balaban J connectivity index is 0.760. The summed E-state index contributed by atoms with van der Waals surface area (Å²) >= 11 is 1.44. The number of ether oxygens (including phenoxy) is 2. The predicted octanol–water partition coefficient (Wildman–Crippen LogP) is 9.18. The number of aryl methyl sites for hydroxylation is 1. The Morgan fingerprint density at radius 1 is 0.880 bits per heavy atom. The minimum atomic E-state index is -0.912. The van der Waals surface area contributed by atoms with Crippen LogP contribution in [0.15, 0.2) is 91.0 Å². The molecule has 3 aliphatic rings. The highest BCUT2D eigenvalue weighted by molar-refractivity contribution is 7.22. The molecule has 4 atom stereocenters. The summed E-state index contributed by atoms with van der Waals surface area (Å²) in [6.45, 7) is 13.4. The molecule has 5 N–H and O–H groups in total. The van der Waals surface area contributed by atoms with E-state index in [1.165, 1.54) is 11.3 Å². The third-order valence-electron chi connectivity index (χ3n) is 15.1. The van der Waals surface area contributed by atoms with Crippen molar-refractivity contribution < 1.29 is 34.1 Å². The van der Waals surface area contributed by atoms with Crippen LogP contribution in [0.25, 0.3) is 32.2 Å². The standard InChI is InChI=1S/C58H67N9O7S/c1-34(36-24-28-66(29-25-36)33-50(69)59-45-17-10-15-41-51(64-65(6)53(41)45)42-21-23-49(68)62-55(42)71)27-31-73-46-18-11-13-38(35(46)2)39-20-22-48(61-52(39)56(72)74-58(3,4)5)67-30-26-37-12-9-14-40(43(37)32-67)54(70)63-57-60-44-16-7-8-19-47(44)75-57/h7-20,22,34,36,42,49,55,62,68,71H,21,23-33H2,1-6H3,(H,59,69)(H,60,63,70)/t34-,42-,49-,55-/m0/s1. The van der Waals surface area contributed by atoms with Crippen LogP contribution in [0.3, 0.4) is 0 Å². The minimum Gasteiger partial charge on any atom is -0.493 e. The summed E-state index contributed by atoms with van der Waals surface area (Å²) in [6, 6.07) is 29.2. The van der Waals surface area contributed by atoms with E-state index >= 15 is 0 Å². The van der Waals surface area contributed by atoms with Gasteiger partial charge in [-0.05, 0) is 156 Å². The van der Waals surface area contributed by atoms with E-state index < -0.39 is 24.0 Å². The summed E-state index contributed by atoms with van der Waals surface area (Å²) in [4.78, 5) is 55.3. The maximum Gasteiger partial charge on any atom is 0.358 e. The number of para-hydroxylation sites is 2. The van der Waals surface area contributed by atoms with Gasteiger partial charge < -0.3 is 29.9 Å². The number of esters is 1. The van der Waals surface area contributed by atoms with Gasteiger partial charge in [-0.2, -0.15) is 5.10 Å². The van der Waals surface area contributed by atoms with Crippen molar-refractivity contribution in [3.8, 4) is 16.9 Å². The number of piperidine rings is 2. The molecule has 75 heavy (non-hydrogen) atoms. The molecule has 0 radical (unpaired) electrons. The molecule has 6 heterocycles. The lowest BCUT2D eigenvalue weighted by Crippen LogP contribution is -2.46. The van der Waals surface area contributed by atoms with Gasteiger partial charge in [0.05, 0.1) is 40.3 Å². The third-order valence-corrected chi connectivity index (χ3v) is 16.0. The molecule has 0 saturated carbocycles. The zero-order valence-electron chi connectivity index (χ0n) is 43.6. The average molecular weight is 1030 g/mol. The number of likely N-dealkylation sites (tertiary alicyclic amines) is 1. The molecule has 2 amide bonds. The number of amides is 2. The Morgan fingerprint density at radius 2 is 1.67 bits per heavy atom. The quantitative estimate of drug-likeness (QED) is 0.0648. The number of aromatic nitrogens is 4. The van der Waals surface area contributed by atoms with Crippen molar-refractivity contribution in [3.05, 3.63) is 125 Å². The number of benzene rings is 4. The highest BCUT2D eigenvalue weighted by atomic mass is 32.1. The van der Waals surface area contributed by atoms with Crippen molar-refractivity contribution in [3.63, 3.8) is 0 Å². The van der Waals surface area contributed by atoms with Crippen LogP contribution in [-0.2, 0) is 29.5 Å². The van der Waals surface area contributed by atoms with Crippen molar-refractivity contribution in [1.29, 1.82) is 0 Å². The van der Waals surface area contributed by atoms with Crippen molar-refractivity contribution >= 4 is 66.9 Å². The normalized spacial score (nSPS) is 18.9. The summed E-state index contributed by atoms with van der Waals surface area (Å²) in [6.07, 6.45) is 2.99. The maximum absolute atomic E-state index is 14.1. The summed E-state index contributed by atoms with van der Waals surface area (Å²) in [5.41, 5.74) is 7.50. The fraction of sp³-hybridized carbons (Fsp3) is 0.414. The number of aliphatic hydroxyl groups excluding tert-OH is 2. The Morgan fingerprint density at radius 3 is 2.45 bits per heavy atom. The largest absolute Gasteiger partial charge is 0.493 e. The molecule has 0 unspecified atom stereocenters. The van der Waals surface area contributed by atoms with Gasteiger partial charge in [0, 0.05) is 42.6 Å². The SMILES string of the molecule is Cc1c(OCC[C@H](C)C2CCN(CC(=O)Nc3cccc4c([C@@H]5CC[C@H](O)N[C@H]5O)nn(C)c34)CC2)cccc1-c1ccc(N2CCc3cccc(C(=O)Nc4nc5ccccc5s4)c3C2)nc1C(=O)OC(C)(C)C. The number of rotatable bonds is 14. The van der Waals surface area contributed by atoms with Gasteiger partial charge >= 0.3 is 5.97 Å². The van der Waals surface area contributed by atoms with Gasteiger partial charge in [-0.1, -0.05) is 66.8 Å². The molecule has 16 nitrogen and oxygen atoms in total. The first-order valence-corrected chi connectivity index (χ1v) is 27.0. The first-order chi connectivity index (χ1) is 36.1. The Kier molecular flexibility index (Phi) is 15.1. The van der Waals surface area contributed by atoms with Crippen molar-refractivity contribution in [1.82, 2.24) is 30.0 Å². The first kappa shape index (κ1) is 51.7. The molecule has 3 aliphatic heterocycles. The van der Waals surface area contributed by atoms with Gasteiger partial charge in [-0.15, -0.1) is 0 Å². The van der Waals surface area contributed by atoms with Crippen molar-refractivity contribution in [2.24, 2.45) is 18.9 Å². The number of nitrogens with one attached hydrogen (secondary N) is 3. The molecule has 392 valence electrons. The van der Waals surface area contributed by atoms with Crippen LogP contribution in [-0.4, -0.2) is 103 Å². The summed E-state index contributed by atoms with van der Waals surface area (Å²) in [7, 11) is 1.85. The molecule has 0 spiro atoms. The first-order valence-electron chi connectivity index (χ1n) is 26.2. The van der Waals surface area contributed by atoms with Gasteiger partial charge in [0.15, 0.2) is 10.8 Å². The number of carbonyl (C=O) groups is 3. The van der Waals surface area contributed by atoms with E-state index in [9.17, 15) is 24.6 Å². The number of thiazole rings is 1. The number of hydrogen-bond donors (Lipinski definition) is 5. The zero-order chi connectivity index (χ0) is 52.5. The monoisotopic (exact) mass is 1030 g/mol. The smallest absolute Gasteiger partial charge is 0.358 e.